The first-order valence-electron chi connectivity index (χ1n) is 9.88. The molecule has 2 fully saturated rings. The third kappa shape index (κ3) is 5.29. The molecule has 1 saturated heterocycles. The Hall–Kier alpha value is -1.39. The Morgan fingerprint density at radius 3 is 2.56 bits per heavy atom. The minimum Gasteiger partial charge on any atom is -0.480 e. The van der Waals surface area contributed by atoms with Gasteiger partial charge in [-0.05, 0) is 56.7 Å². The highest BCUT2D eigenvalue weighted by atomic mass is 16.4. The van der Waals surface area contributed by atoms with Crippen molar-refractivity contribution in [1.29, 1.82) is 0 Å². The number of carboxylic acids is 1. The van der Waals surface area contributed by atoms with Crippen molar-refractivity contribution in [3.63, 3.8) is 0 Å². The Kier molecular flexibility index (Phi) is 6.49. The lowest BCUT2D eigenvalue weighted by Crippen LogP contribution is -2.51. The largest absolute Gasteiger partial charge is 0.480 e. The van der Waals surface area contributed by atoms with E-state index in [0.29, 0.717) is 12.5 Å². The summed E-state index contributed by atoms with van der Waals surface area (Å²) in [5.74, 6) is 0.115. The van der Waals surface area contributed by atoms with E-state index < -0.39 is 12.0 Å². The molecule has 3 rings (SSSR count). The van der Waals surface area contributed by atoms with E-state index >= 15 is 0 Å². The number of carboxylic acid groups (broad SMARTS) is 1. The number of nitrogens with zero attached hydrogens (tertiary/aromatic N) is 1. The maximum absolute atomic E-state index is 11.7. The van der Waals surface area contributed by atoms with Crippen LogP contribution in [0.4, 0.5) is 0 Å². The third-order valence-electron chi connectivity index (χ3n) is 5.97. The fraction of sp³-hybridized carbons (Fsp3) is 0.667. The predicted molar refractivity (Wildman–Crippen MR) is 101 cm³/mol. The van der Waals surface area contributed by atoms with Crippen LogP contribution >= 0.6 is 0 Å². The third-order valence-corrected chi connectivity index (χ3v) is 5.97. The minimum absolute atomic E-state index is 0.321. The first kappa shape index (κ1) is 18.4. The zero-order valence-corrected chi connectivity index (χ0v) is 15.4. The quantitative estimate of drug-likeness (QED) is 0.831. The van der Waals surface area contributed by atoms with Gasteiger partial charge >= 0.3 is 5.97 Å². The van der Waals surface area contributed by atoms with Gasteiger partial charge in [0.25, 0.3) is 0 Å². The van der Waals surface area contributed by atoms with Gasteiger partial charge in [0, 0.05) is 12.1 Å². The van der Waals surface area contributed by atoms with E-state index in [4.69, 9.17) is 0 Å². The molecule has 0 bridgehead atoms. The number of rotatable bonds is 6. The fourth-order valence-corrected chi connectivity index (χ4v) is 4.52. The molecule has 1 aliphatic heterocycles. The molecule has 4 nitrogen and oxygen atoms in total. The second kappa shape index (κ2) is 8.81. The second-order valence-electron chi connectivity index (χ2n) is 7.98. The van der Waals surface area contributed by atoms with Crippen molar-refractivity contribution >= 4 is 5.97 Å². The zero-order chi connectivity index (χ0) is 17.6. The number of benzene rings is 1. The number of hydrogen-bond acceptors (Lipinski definition) is 3. The maximum Gasteiger partial charge on any atom is 0.321 e. The van der Waals surface area contributed by atoms with E-state index in [1.165, 1.54) is 25.7 Å². The van der Waals surface area contributed by atoms with Crippen LogP contribution in [-0.4, -0.2) is 47.2 Å². The van der Waals surface area contributed by atoms with Crippen LogP contribution in [0.25, 0.3) is 0 Å². The molecule has 25 heavy (non-hydrogen) atoms. The summed E-state index contributed by atoms with van der Waals surface area (Å²) in [6, 6.07) is 10.5. The maximum atomic E-state index is 11.7. The first-order chi connectivity index (χ1) is 12.1. The second-order valence-corrected chi connectivity index (χ2v) is 7.98. The standard InChI is InChI=1S/C21H32N2O2/c1-16-6-5-9-19(14-16)23-12-10-18(11-13-23)22-20(21(24)25)15-17-7-3-2-4-8-17/h2-4,7-8,16,18-20,22H,5-6,9-15H2,1H3,(H,24,25)/t16?,19?,20-/m1/s1. The Morgan fingerprint density at radius 2 is 1.92 bits per heavy atom. The molecular formula is C21H32N2O2. The molecule has 1 aromatic rings. The molecule has 0 radical (unpaired) electrons. The first-order valence-corrected chi connectivity index (χ1v) is 9.88. The summed E-state index contributed by atoms with van der Waals surface area (Å²) in [5, 5.41) is 13.0. The molecule has 2 unspecified atom stereocenters. The average Bonchev–Trinajstić information content (AvgIpc) is 2.62. The van der Waals surface area contributed by atoms with Crippen molar-refractivity contribution in [3.8, 4) is 0 Å². The molecule has 1 aliphatic carbocycles. The van der Waals surface area contributed by atoms with Crippen LogP contribution in [0, 0.1) is 5.92 Å². The topological polar surface area (TPSA) is 52.6 Å². The summed E-state index contributed by atoms with van der Waals surface area (Å²) >= 11 is 0. The van der Waals surface area contributed by atoms with Gasteiger partial charge in [-0.2, -0.15) is 0 Å². The van der Waals surface area contributed by atoms with Crippen molar-refractivity contribution in [2.45, 2.75) is 70.0 Å². The van der Waals surface area contributed by atoms with Crippen molar-refractivity contribution < 1.29 is 9.90 Å². The summed E-state index contributed by atoms with van der Waals surface area (Å²) < 4.78 is 0. The van der Waals surface area contributed by atoms with Crippen LogP contribution in [0.2, 0.25) is 0 Å². The summed E-state index contributed by atoms with van der Waals surface area (Å²) in [5.41, 5.74) is 1.08. The van der Waals surface area contributed by atoms with Gasteiger partial charge in [0.1, 0.15) is 6.04 Å². The van der Waals surface area contributed by atoms with E-state index in [1.807, 2.05) is 30.3 Å². The van der Waals surface area contributed by atoms with E-state index in [-0.39, 0.29) is 0 Å². The molecule has 2 N–H and O–H groups in total. The van der Waals surface area contributed by atoms with Gasteiger partial charge in [-0.25, -0.2) is 0 Å². The van der Waals surface area contributed by atoms with Crippen molar-refractivity contribution in [1.82, 2.24) is 10.2 Å². The summed E-state index contributed by atoms with van der Waals surface area (Å²) in [6.45, 7) is 4.58. The van der Waals surface area contributed by atoms with Gasteiger partial charge in [0.15, 0.2) is 0 Å². The van der Waals surface area contributed by atoms with E-state index in [2.05, 4.69) is 17.1 Å². The zero-order valence-electron chi connectivity index (χ0n) is 15.4. The van der Waals surface area contributed by atoms with Crippen molar-refractivity contribution in [3.05, 3.63) is 35.9 Å². The number of likely N-dealkylation sites (tertiary alicyclic amines) is 1. The van der Waals surface area contributed by atoms with Gasteiger partial charge in [0.2, 0.25) is 0 Å². The van der Waals surface area contributed by atoms with Gasteiger partial charge < -0.3 is 15.3 Å². The highest BCUT2D eigenvalue weighted by molar-refractivity contribution is 5.74. The van der Waals surface area contributed by atoms with Crippen LogP contribution in [0.15, 0.2) is 30.3 Å². The molecule has 1 saturated carbocycles. The Bertz CT molecular complexity index is 540. The lowest BCUT2D eigenvalue weighted by molar-refractivity contribution is -0.139. The Labute approximate surface area is 151 Å². The van der Waals surface area contributed by atoms with E-state index in [0.717, 1.165) is 43.5 Å². The Morgan fingerprint density at radius 1 is 1.20 bits per heavy atom. The predicted octanol–water partition coefficient (Wildman–Crippen LogP) is 3.32. The molecule has 0 aromatic heterocycles. The van der Waals surface area contributed by atoms with Crippen LogP contribution in [0.5, 0.6) is 0 Å². The molecule has 0 amide bonds. The van der Waals surface area contributed by atoms with Gasteiger partial charge in [-0.1, -0.05) is 50.1 Å². The molecule has 4 heteroatoms. The van der Waals surface area contributed by atoms with Crippen molar-refractivity contribution in [2.24, 2.45) is 5.92 Å². The number of hydrogen-bond donors (Lipinski definition) is 2. The molecule has 0 spiro atoms. The molecule has 2 aliphatic rings. The van der Waals surface area contributed by atoms with Gasteiger partial charge in [-0.15, -0.1) is 0 Å². The van der Waals surface area contributed by atoms with Crippen molar-refractivity contribution in [2.75, 3.05) is 13.1 Å². The molecule has 138 valence electrons. The number of carbonyl (C=O) groups is 1. The minimum atomic E-state index is -0.743. The lowest BCUT2D eigenvalue weighted by atomic mass is 9.85. The molecule has 1 aromatic carbocycles. The lowest BCUT2D eigenvalue weighted by Gasteiger charge is -2.41. The molecular weight excluding hydrogens is 312 g/mol. The number of aliphatic carboxylic acids is 1. The summed E-state index contributed by atoms with van der Waals surface area (Å²) in [7, 11) is 0. The molecule has 3 atom stereocenters. The normalized spacial score (nSPS) is 27.1. The highest BCUT2D eigenvalue weighted by Crippen LogP contribution is 2.29. The van der Waals surface area contributed by atoms with Crippen LogP contribution in [0.1, 0.15) is 51.0 Å². The summed E-state index contributed by atoms with van der Waals surface area (Å²) in [6.07, 6.45) is 8.10. The smallest absolute Gasteiger partial charge is 0.321 e. The highest BCUT2D eigenvalue weighted by Gasteiger charge is 2.30. The van der Waals surface area contributed by atoms with Crippen LogP contribution in [-0.2, 0) is 11.2 Å². The van der Waals surface area contributed by atoms with Gasteiger partial charge in [-0.3, -0.25) is 4.79 Å². The van der Waals surface area contributed by atoms with E-state index in [1.54, 1.807) is 0 Å². The van der Waals surface area contributed by atoms with Gasteiger partial charge in [0.05, 0.1) is 0 Å². The van der Waals surface area contributed by atoms with Crippen LogP contribution < -0.4 is 5.32 Å². The monoisotopic (exact) mass is 344 g/mol. The molecule has 1 heterocycles. The fourth-order valence-electron chi connectivity index (χ4n) is 4.52. The number of nitrogens with one attached hydrogen (secondary N) is 1. The summed E-state index contributed by atoms with van der Waals surface area (Å²) in [4.78, 5) is 14.3. The van der Waals surface area contributed by atoms with Crippen LogP contribution in [0.3, 0.4) is 0 Å². The average molecular weight is 344 g/mol. The van der Waals surface area contributed by atoms with E-state index in [9.17, 15) is 9.90 Å². The SMILES string of the molecule is CC1CCCC(N2CCC(N[C@H](Cc3ccccc3)C(=O)O)CC2)C1. The number of piperidine rings is 1. The Balaban J connectivity index is 1.49.